The molecule has 19 heavy (non-hydrogen) atoms. The highest BCUT2D eigenvalue weighted by atomic mass is 35.5. The number of rotatable bonds is 1. The summed E-state index contributed by atoms with van der Waals surface area (Å²) < 4.78 is 22.8. The fraction of sp³-hybridized carbons (Fsp3) is 0.0833. The molecule has 0 aliphatic heterocycles. The van der Waals surface area contributed by atoms with Crippen molar-refractivity contribution in [2.45, 2.75) is 5.16 Å². The van der Waals surface area contributed by atoms with Crippen LogP contribution in [-0.2, 0) is 9.84 Å². The minimum atomic E-state index is -3.54. The smallest absolute Gasteiger partial charge is 0.247 e. The number of ketones is 1. The molecule has 0 amide bonds. The summed E-state index contributed by atoms with van der Waals surface area (Å²) in [7, 11) is -3.54. The lowest BCUT2D eigenvalue weighted by Crippen LogP contribution is -2.08. The normalized spacial score (nSPS) is 13.3. The minimum Gasteiger partial charge on any atom is -0.287 e. The molecule has 7 heteroatoms. The zero-order chi connectivity index (χ0) is 13.8. The number of hydrogen-bond donors (Lipinski definition) is 0. The molecule has 0 saturated carbocycles. The second-order valence-electron chi connectivity index (χ2n) is 4.21. The van der Waals surface area contributed by atoms with Gasteiger partial charge >= 0.3 is 0 Å². The van der Waals surface area contributed by atoms with Gasteiger partial charge < -0.3 is 0 Å². The molecule has 0 unspecified atom stereocenters. The van der Waals surface area contributed by atoms with Crippen LogP contribution in [0.15, 0.2) is 29.6 Å². The van der Waals surface area contributed by atoms with Crippen molar-refractivity contribution < 1.29 is 13.2 Å². The largest absolute Gasteiger partial charge is 0.287 e. The van der Waals surface area contributed by atoms with Crippen LogP contribution in [0.25, 0.3) is 11.1 Å². The average molecular weight is 295 g/mol. The van der Waals surface area contributed by atoms with E-state index in [-0.39, 0.29) is 16.6 Å². The molecule has 96 valence electrons. The topological polar surface area (TPSA) is 77.0 Å². The summed E-state index contributed by atoms with van der Waals surface area (Å²) in [6.45, 7) is 0. The number of sulfone groups is 1. The fourth-order valence-corrected chi connectivity index (χ4v) is 2.65. The minimum absolute atomic E-state index is 0.104. The number of benzene rings is 1. The zero-order valence-electron chi connectivity index (χ0n) is 9.71. The maximum absolute atomic E-state index is 12.2. The van der Waals surface area contributed by atoms with Gasteiger partial charge in [-0.05, 0) is 17.7 Å². The second kappa shape index (κ2) is 3.85. The first kappa shape index (κ1) is 12.3. The molecule has 3 rings (SSSR count). The van der Waals surface area contributed by atoms with Crippen LogP contribution in [0.4, 0.5) is 0 Å². The summed E-state index contributed by atoms with van der Waals surface area (Å²) in [6, 6.07) is 4.90. The zero-order valence-corrected chi connectivity index (χ0v) is 11.3. The fourth-order valence-electron chi connectivity index (χ4n) is 1.98. The van der Waals surface area contributed by atoms with Crippen LogP contribution in [0, 0.1) is 0 Å². The van der Waals surface area contributed by atoms with E-state index in [0.717, 1.165) is 6.26 Å². The van der Waals surface area contributed by atoms with Crippen LogP contribution in [-0.4, -0.2) is 30.4 Å². The van der Waals surface area contributed by atoms with Crippen molar-refractivity contribution >= 4 is 27.2 Å². The average Bonchev–Trinajstić information content (AvgIpc) is 2.62. The van der Waals surface area contributed by atoms with Gasteiger partial charge in [-0.25, -0.2) is 18.4 Å². The van der Waals surface area contributed by atoms with Gasteiger partial charge in [0, 0.05) is 28.6 Å². The van der Waals surface area contributed by atoms with Crippen molar-refractivity contribution in [3.05, 3.63) is 40.7 Å². The molecule has 0 radical (unpaired) electrons. The third kappa shape index (κ3) is 1.84. The Labute approximate surface area is 114 Å². The van der Waals surface area contributed by atoms with Crippen molar-refractivity contribution in [2.75, 3.05) is 6.26 Å². The maximum atomic E-state index is 12.2. The highest BCUT2D eigenvalue weighted by molar-refractivity contribution is 7.90. The van der Waals surface area contributed by atoms with Crippen LogP contribution in [0.1, 0.15) is 16.1 Å². The molecule has 1 aromatic carbocycles. The van der Waals surface area contributed by atoms with Crippen molar-refractivity contribution in [1.82, 2.24) is 9.97 Å². The van der Waals surface area contributed by atoms with Crippen LogP contribution >= 0.6 is 11.6 Å². The van der Waals surface area contributed by atoms with E-state index in [2.05, 4.69) is 9.97 Å². The number of fused-ring (bicyclic) bond motifs is 3. The van der Waals surface area contributed by atoms with Crippen LogP contribution in [0.3, 0.4) is 0 Å². The molecule has 0 atom stereocenters. The van der Waals surface area contributed by atoms with E-state index in [0.29, 0.717) is 21.7 Å². The van der Waals surface area contributed by atoms with Gasteiger partial charge in [-0.3, -0.25) is 4.79 Å². The van der Waals surface area contributed by atoms with Gasteiger partial charge in [0.1, 0.15) is 5.69 Å². The maximum Gasteiger partial charge on any atom is 0.247 e. The van der Waals surface area contributed by atoms with Gasteiger partial charge in [0.25, 0.3) is 0 Å². The molecule has 0 spiro atoms. The Bertz CT molecular complexity index is 831. The van der Waals surface area contributed by atoms with Gasteiger partial charge in [-0.15, -0.1) is 0 Å². The van der Waals surface area contributed by atoms with E-state index in [1.807, 2.05) is 0 Å². The molecule has 5 nitrogen and oxygen atoms in total. The Morgan fingerprint density at radius 2 is 1.89 bits per heavy atom. The summed E-state index contributed by atoms with van der Waals surface area (Å²) in [5.41, 5.74) is 1.73. The van der Waals surface area contributed by atoms with Crippen LogP contribution < -0.4 is 0 Å². The highest BCUT2D eigenvalue weighted by Gasteiger charge is 2.30. The number of aromatic nitrogens is 2. The predicted octanol–water partition coefficient (Wildman–Crippen LogP) is 1.74. The van der Waals surface area contributed by atoms with Gasteiger partial charge in [0.05, 0.1) is 0 Å². The van der Waals surface area contributed by atoms with Gasteiger partial charge in [0.15, 0.2) is 0 Å². The van der Waals surface area contributed by atoms with Gasteiger partial charge in [-0.2, -0.15) is 0 Å². The number of carbonyl (C=O) groups excluding carboxylic acids is 1. The molecule has 1 heterocycles. The first-order valence-corrected chi connectivity index (χ1v) is 7.56. The Morgan fingerprint density at radius 1 is 1.16 bits per heavy atom. The standard InChI is InChI=1S/C12H7ClN2O3S/c1-19(17,18)12-14-5-9-7-3-2-6(13)4-8(7)11(16)10(9)15-12/h2-5H,1H3. The Morgan fingerprint density at radius 3 is 2.58 bits per heavy atom. The molecule has 1 aliphatic rings. The van der Waals surface area contributed by atoms with Gasteiger partial charge in [0.2, 0.25) is 20.8 Å². The van der Waals surface area contributed by atoms with E-state index in [4.69, 9.17) is 11.6 Å². The quantitative estimate of drug-likeness (QED) is 0.639. The van der Waals surface area contributed by atoms with E-state index < -0.39 is 9.84 Å². The summed E-state index contributed by atoms with van der Waals surface area (Å²) in [6.07, 6.45) is 2.36. The summed E-state index contributed by atoms with van der Waals surface area (Å²) in [5, 5.41) is 0.0923. The summed E-state index contributed by atoms with van der Waals surface area (Å²) >= 11 is 5.85. The number of carbonyl (C=O) groups is 1. The molecule has 2 aromatic rings. The molecule has 1 aliphatic carbocycles. The Hall–Kier alpha value is -1.79. The number of nitrogens with zero attached hydrogens (tertiary/aromatic N) is 2. The first-order chi connectivity index (χ1) is 8.88. The molecule has 1 aromatic heterocycles. The third-order valence-corrected chi connectivity index (χ3v) is 3.92. The van der Waals surface area contributed by atoms with E-state index >= 15 is 0 Å². The van der Waals surface area contributed by atoms with E-state index in [1.54, 1.807) is 18.2 Å². The van der Waals surface area contributed by atoms with Crippen molar-refractivity contribution in [1.29, 1.82) is 0 Å². The molecule has 0 bridgehead atoms. The Balaban J connectivity index is 2.28. The van der Waals surface area contributed by atoms with Crippen molar-refractivity contribution in [2.24, 2.45) is 0 Å². The van der Waals surface area contributed by atoms with Crippen LogP contribution in [0.2, 0.25) is 5.02 Å². The van der Waals surface area contributed by atoms with E-state index in [1.165, 1.54) is 6.20 Å². The van der Waals surface area contributed by atoms with Gasteiger partial charge in [-0.1, -0.05) is 17.7 Å². The van der Waals surface area contributed by atoms with E-state index in [9.17, 15) is 13.2 Å². The van der Waals surface area contributed by atoms with Crippen molar-refractivity contribution in [3.63, 3.8) is 0 Å². The summed E-state index contributed by atoms with van der Waals surface area (Å²) in [4.78, 5) is 19.8. The second-order valence-corrected chi connectivity index (χ2v) is 6.55. The lowest BCUT2D eigenvalue weighted by molar-refractivity contribution is 0.103. The molecule has 0 N–H and O–H groups in total. The van der Waals surface area contributed by atoms with Crippen molar-refractivity contribution in [3.8, 4) is 11.1 Å². The Kier molecular flexibility index (Phi) is 2.48. The molecule has 0 fully saturated rings. The highest BCUT2D eigenvalue weighted by Crippen LogP contribution is 2.36. The monoisotopic (exact) mass is 294 g/mol. The molecular formula is C12H7ClN2O3S. The predicted molar refractivity (Wildman–Crippen MR) is 69.0 cm³/mol. The number of halogens is 1. The first-order valence-electron chi connectivity index (χ1n) is 5.29. The SMILES string of the molecule is CS(=O)(=O)c1ncc2c(n1)C(=O)c1cc(Cl)ccc1-2. The molecular weight excluding hydrogens is 288 g/mol. The number of hydrogen-bond acceptors (Lipinski definition) is 5. The lowest BCUT2D eigenvalue weighted by Gasteiger charge is -2.00. The lowest BCUT2D eigenvalue weighted by atomic mass is 10.1. The van der Waals surface area contributed by atoms with Crippen LogP contribution in [0.5, 0.6) is 0 Å². The molecule has 0 saturated heterocycles. The summed E-state index contributed by atoms with van der Waals surface area (Å²) in [5.74, 6) is -0.334. The third-order valence-electron chi connectivity index (χ3n) is 2.83.